The van der Waals surface area contributed by atoms with Crippen molar-refractivity contribution in [1.29, 1.82) is 0 Å². The van der Waals surface area contributed by atoms with E-state index in [0.29, 0.717) is 0 Å². The third-order valence-electron chi connectivity index (χ3n) is 2.18. The van der Waals surface area contributed by atoms with Crippen molar-refractivity contribution in [2.45, 2.75) is 19.3 Å². The van der Waals surface area contributed by atoms with Gasteiger partial charge in [0.15, 0.2) is 0 Å². The number of hydrogen-bond donors (Lipinski definition) is 1. The zero-order chi connectivity index (χ0) is 7.68. The molecule has 0 bridgehead atoms. The van der Waals surface area contributed by atoms with E-state index in [4.69, 9.17) is 5.73 Å². The van der Waals surface area contributed by atoms with Crippen LogP contribution in [0, 0.1) is 6.42 Å². The summed E-state index contributed by atoms with van der Waals surface area (Å²) in [6.07, 6.45) is 5.98. The van der Waals surface area contributed by atoms with Crippen molar-refractivity contribution in [3.05, 3.63) is 35.7 Å². The Morgan fingerprint density at radius 1 is 1.27 bits per heavy atom. The van der Waals surface area contributed by atoms with Gasteiger partial charge in [0.2, 0.25) is 0 Å². The van der Waals surface area contributed by atoms with Gasteiger partial charge in [0.25, 0.3) is 0 Å². The van der Waals surface area contributed by atoms with Crippen LogP contribution in [0.3, 0.4) is 0 Å². The van der Waals surface area contributed by atoms with Crippen LogP contribution in [-0.2, 0) is 6.42 Å². The number of anilines is 1. The molecule has 1 aliphatic rings. The van der Waals surface area contributed by atoms with Crippen LogP contribution >= 0.6 is 0 Å². The molecular formula is C10H12N. The lowest BCUT2D eigenvalue weighted by molar-refractivity contribution is 0.775. The molecule has 0 fully saturated rings. The predicted molar refractivity (Wildman–Crippen MR) is 47.2 cm³/mol. The van der Waals surface area contributed by atoms with Gasteiger partial charge in [0.1, 0.15) is 0 Å². The molecule has 1 nitrogen and oxygen atoms in total. The lowest BCUT2D eigenvalue weighted by Crippen LogP contribution is -2.01. The summed E-state index contributed by atoms with van der Waals surface area (Å²) in [6.45, 7) is 0. The molecule has 1 aliphatic carbocycles. The molecule has 0 saturated heterocycles. The third kappa shape index (κ3) is 1.23. The largest absolute Gasteiger partial charge is 0.399 e. The van der Waals surface area contributed by atoms with Crippen LogP contribution in [0.15, 0.2) is 18.2 Å². The molecule has 1 heteroatoms. The van der Waals surface area contributed by atoms with E-state index in [1.807, 2.05) is 6.07 Å². The fourth-order valence-corrected chi connectivity index (χ4v) is 1.58. The fraction of sp³-hybridized carbons (Fsp3) is 0.300. The summed E-state index contributed by atoms with van der Waals surface area (Å²) in [5.74, 6) is 0. The average Bonchev–Trinajstić information content (AvgIpc) is 2.04. The van der Waals surface area contributed by atoms with Crippen LogP contribution in [0.1, 0.15) is 24.0 Å². The van der Waals surface area contributed by atoms with Crippen LogP contribution in [0.4, 0.5) is 5.69 Å². The Hall–Kier alpha value is -0.980. The maximum atomic E-state index is 5.66. The Bertz CT molecular complexity index is 266. The lowest BCUT2D eigenvalue weighted by atomic mass is 9.91. The second-order valence-corrected chi connectivity index (χ2v) is 3.05. The molecule has 0 spiro atoms. The van der Waals surface area contributed by atoms with Gasteiger partial charge >= 0.3 is 0 Å². The third-order valence-corrected chi connectivity index (χ3v) is 2.18. The molecule has 0 amide bonds. The van der Waals surface area contributed by atoms with Crippen LogP contribution in [0.5, 0.6) is 0 Å². The van der Waals surface area contributed by atoms with E-state index in [2.05, 4.69) is 18.6 Å². The van der Waals surface area contributed by atoms with Crippen molar-refractivity contribution in [3.8, 4) is 0 Å². The zero-order valence-electron chi connectivity index (χ0n) is 6.51. The number of nitrogens with two attached hydrogens (primary N) is 1. The highest BCUT2D eigenvalue weighted by Crippen LogP contribution is 2.24. The number of fused-ring (bicyclic) bond motifs is 1. The van der Waals surface area contributed by atoms with Gasteiger partial charge in [0.05, 0.1) is 0 Å². The van der Waals surface area contributed by atoms with Crippen molar-refractivity contribution in [2.24, 2.45) is 0 Å². The van der Waals surface area contributed by atoms with E-state index in [1.54, 1.807) is 0 Å². The van der Waals surface area contributed by atoms with Gasteiger partial charge in [-0.15, -0.1) is 0 Å². The maximum Gasteiger partial charge on any atom is 0.0317 e. The van der Waals surface area contributed by atoms with Crippen molar-refractivity contribution in [1.82, 2.24) is 0 Å². The first-order valence-corrected chi connectivity index (χ1v) is 4.08. The predicted octanol–water partition coefficient (Wildman–Crippen LogP) is 2.16. The summed E-state index contributed by atoms with van der Waals surface area (Å²) in [5, 5.41) is 0. The summed E-state index contributed by atoms with van der Waals surface area (Å²) < 4.78 is 0. The molecule has 11 heavy (non-hydrogen) atoms. The van der Waals surface area contributed by atoms with E-state index in [0.717, 1.165) is 5.69 Å². The molecule has 0 aliphatic heterocycles. The fourth-order valence-electron chi connectivity index (χ4n) is 1.58. The van der Waals surface area contributed by atoms with E-state index >= 15 is 0 Å². The highest BCUT2D eigenvalue weighted by atomic mass is 14.5. The van der Waals surface area contributed by atoms with Gasteiger partial charge < -0.3 is 5.73 Å². The second kappa shape index (κ2) is 2.57. The molecule has 1 radical (unpaired) electrons. The molecule has 1 aromatic rings. The van der Waals surface area contributed by atoms with Crippen molar-refractivity contribution >= 4 is 5.69 Å². The minimum absolute atomic E-state index is 0.877. The van der Waals surface area contributed by atoms with Crippen LogP contribution in [0.25, 0.3) is 0 Å². The molecule has 57 valence electrons. The molecule has 2 N–H and O–H groups in total. The number of nitrogen functional groups attached to an aromatic ring is 1. The highest BCUT2D eigenvalue weighted by Gasteiger charge is 2.08. The Kier molecular flexibility index (Phi) is 1.57. The van der Waals surface area contributed by atoms with Gasteiger partial charge in [-0.1, -0.05) is 6.07 Å². The summed E-state index contributed by atoms with van der Waals surface area (Å²) in [7, 11) is 0. The zero-order valence-corrected chi connectivity index (χ0v) is 6.51. The quantitative estimate of drug-likeness (QED) is 0.558. The van der Waals surface area contributed by atoms with Crippen molar-refractivity contribution in [3.63, 3.8) is 0 Å². The SMILES string of the molecule is Nc1ccc2c(c1)[CH]CCC2. The van der Waals surface area contributed by atoms with Gasteiger partial charge in [-0.05, 0) is 48.9 Å². The highest BCUT2D eigenvalue weighted by molar-refractivity contribution is 5.48. The first-order chi connectivity index (χ1) is 5.36. The van der Waals surface area contributed by atoms with Crippen LogP contribution in [-0.4, -0.2) is 0 Å². The van der Waals surface area contributed by atoms with Gasteiger partial charge in [-0.25, -0.2) is 0 Å². The van der Waals surface area contributed by atoms with Gasteiger partial charge in [-0.3, -0.25) is 0 Å². The Morgan fingerprint density at radius 3 is 3.09 bits per heavy atom. The number of aryl methyl sites for hydroxylation is 1. The van der Waals surface area contributed by atoms with Crippen molar-refractivity contribution in [2.75, 3.05) is 5.73 Å². The topological polar surface area (TPSA) is 26.0 Å². The molecule has 0 aromatic heterocycles. The first kappa shape index (κ1) is 6.71. The number of hydrogen-bond acceptors (Lipinski definition) is 1. The van der Waals surface area contributed by atoms with E-state index in [-0.39, 0.29) is 0 Å². The Morgan fingerprint density at radius 2 is 2.18 bits per heavy atom. The van der Waals surface area contributed by atoms with Gasteiger partial charge in [-0.2, -0.15) is 0 Å². The summed E-state index contributed by atoms with van der Waals surface area (Å²) in [5.41, 5.74) is 9.33. The normalized spacial score (nSPS) is 16.0. The molecular weight excluding hydrogens is 134 g/mol. The standard InChI is InChI=1S/C10H12N/c11-10-6-5-8-3-1-2-4-9(8)7-10/h4-7H,1-3,11H2. The van der Waals surface area contributed by atoms with E-state index < -0.39 is 0 Å². The molecule has 0 heterocycles. The summed E-state index contributed by atoms with van der Waals surface area (Å²) in [6, 6.07) is 6.19. The molecule has 1 aromatic carbocycles. The second-order valence-electron chi connectivity index (χ2n) is 3.05. The number of rotatable bonds is 0. The van der Waals surface area contributed by atoms with Crippen molar-refractivity contribution < 1.29 is 0 Å². The summed E-state index contributed by atoms with van der Waals surface area (Å²) >= 11 is 0. The average molecular weight is 146 g/mol. The molecule has 0 atom stereocenters. The lowest BCUT2D eigenvalue weighted by Gasteiger charge is -2.14. The minimum atomic E-state index is 0.877. The molecule has 2 rings (SSSR count). The van der Waals surface area contributed by atoms with Crippen LogP contribution < -0.4 is 5.73 Å². The minimum Gasteiger partial charge on any atom is -0.399 e. The smallest absolute Gasteiger partial charge is 0.0317 e. The maximum absolute atomic E-state index is 5.66. The van der Waals surface area contributed by atoms with E-state index in [9.17, 15) is 0 Å². The Labute approximate surface area is 67.2 Å². The first-order valence-electron chi connectivity index (χ1n) is 4.08. The van der Waals surface area contributed by atoms with Gasteiger partial charge in [0, 0.05) is 5.69 Å². The van der Waals surface area contributed by atoms with E-state index in [1.165, 1.54) is 30.4 Å². The Balaban J connectivity index is 2.43. The summed E-state index contributed by atoms with van der Waals surface area (Å²) in [4.78, 5) is 0. The molecule has 0 saturated carbocycles. The molecule has 0 unspecified atom stereocenters. The monoisotopic (exact) mass is 146 g/mol. The van der Waals surface area contributed by atoms with Crippen LogP contribution in [0.2, 0.25) is 0 Å². The number of benzene rings is 1.